The molecular formula is C24H36N2O4. The number of aliphatic hydroxyl groups excluding tert-OH is 1. The number of carbonyl (C=O) groups excluding carboxylic acids is 3. The van der Waals surface area contributed by atoms with E-state index in [0.717, 1.165) is 37.7 Å². The Morgan fingerprint density at radius 3 is 2.47 bits per heavy atom. The minimum atomic E-state index is -0.561. The number of amides is 2. The zero-order valence-corrected chi connectivity index (χ0v) is 18.8. The number of carbonyl (C=O) groups is 3. The zero-order chi connectivity index (χ0) is 22.4. The number of aliphatic hydroxyl groups is 1. The van der Waals surface area contributed by atoms with Crippen LogP contribution in [0, 0.1) is 10.8 Å². The van der Waals surface area contributed by atoms with Crippen LogP contribution in [0.15, 0.2) is 24.3 Å². The molecule has 2 amide bonds. The van der Waals surface area contributed by atoms with Crippen molar-refractivity contribution >= 4 is 17.6 Å². The van der Waals surface area contributed by atoms with Crippen molar-refractivity contribution in [1.82, 2.24) is 10.2 Å². The van der Waals surface area contributed by atoms with Crippen LogP contribution < -0.4 is 5.32 Å². The molecule has 6 heteroatoms. The Labute approximate surface area is 180 Å². The summed E-state index contributed by atoms with van der Waals surface area (Å²) in [4.78, 5) is 38.7. The van der Waals surface area contributed by atoms with E-state index in [0.29, 0.717) is 6.54 Å². The lowest BCUT2D eigenvalue weighted by molar-refractivity contribution is -0.144. The minimum absolute atomic E-state index is 0.0267. The molecule has 1 fully saturated rings. The van der Waals surface area contributed by atoms with Gasteiger partial charge >= 0.3 is 0 Å². The largest absolute Gasteiger partial charge is 0.396 e. The summed E-state index contributed by atoms with van der Waals surface area (Å²) in [7, 11) is 1.63. The number of hydrogen-bond donors (Lipinski definition) is 2. The van der Waals surface area contributed by atoms with Gasteiger partial charge in [-0.1, -0.05) is 51.5 Å². The Morgan fingerprint density at radius 1 is 1.20 bits per heavy atom. The van der Waals surface area contributed by atoms with Crippen molar-refractivity contribution in [1.29, 1.82) is 0 Å². The zero-order valence-electron chi connectivity index (χ0n) is 18.8. The molecule has 0 unspecified atom stereocenters. The number of hydrogen-bond acceptors (Lipinski definition) is 4. The second-order valence-corrected chi connectivity index (χ2v) is 9.14. The highest BCUT2D eigenvalue weighted by Gasteiger charge is 2.59. The van der Waals surface area contributed by atoms with E-state index in [1.807, 2.05) is 26.0 Å². The molecule has 1 saturated carbocycles. The van der Waals surface area contributed by atoms with Gasteiger partial charge in [-0.15, -0.1) is 0 Å². The van der Waals surface area contributed by atoms with Gasteiger partial charge in [-0.2, -0.15) is 0 Å². The number of nitrogens with zero attached hydrogens (tertiary/aromatic N) is 1. The van der Waals surface area contributed by atoms with Crippen LogP contribution in [0.4, 0.5) is 0 Å². The molecule has 0 heterocycles. The highest BCUT2D eigenvalue weighted by atomic mass is 16.3. The van der Waals surface area contributed by atoms with E-state index in [4.69, 9.17) is 0 Å². The highest BCUT2D eigenvalue weighted by molar-refractivity contribution is 6.36. The summed E-state index contributed by atoms with van der Waals surface area (Å²) < 4.78 is 0. The maximum atomic E-state index is 12.5. The van der Waals surface area contributed by atoms with Crippen LogP contribution in [0.3, 0.4) is 0 Å². The summed E-state index contributed by atoms with van der Waals surface area (Å²) in [5, 5.41) is 12.3. The maximum absolute atomic E-state index is 12.5. The molecule has 0 bridgehead atoms. The summed E-state index contributed by atoms with van der Waals surface area (Å²) in [6, 6.07) is 8.11. The molecule has 0 aromatic heterocycles. The number of rotatable bonds is 12. The Morgan fingerprint density at radius 2 is 1.87 bits per heavy atom. The molecule has 1 aromatic rings. The standard InChI is InChI=1S/C24H36N2O4/c1-5-6-8-18-9-7-10-19(15-18)16-26(4)21(29)20(28)11-14-25-22(30)24(12-13-24)23(2,3)17-27/h7,9-10,15,27H,5-6,8,11-14,16-17H2,1-4H3,(H,25,30). The van der Waals surface area contributed by atoms with Gasteiger partial charge in [0.15, 0.2) is 0 Å². The van der Waals surface area contributed by atoms with Crippen LogP contribution in [0.2, 0.25) is 0 Å². The van der Waals surface area contributed by atoms with E-state index >= 15 is 0 Å². The normalized spacial score (nSPS) is 14.8. The van der Waals surface area contributed by atoms with Crippen molar-refractivity contribution < 1.29 is 19.5 Å². The molecule has 166 valence electrons. The van der Waals surface area contributed by atoms with Gasteiger partial charge in [0.05, 0.1) is 5.41 Å². The molecule has 0 aliphatic heterocycles. The molecule has 2 N–H and O–H groups in total. The number of nitrogens with one attached hydrogen (secondary N) is 1. The maximum Gasteiger partial charge on any atom is 0.290 e. The van der Waals surface area contributed by atoms with E-state index < -0.39 is 22.5 Å². The van der Waals surface area contributed by atoms with Gasteiger partial charge < -0.3 is 15.3 Å². The van der Waals surface area contributed by atoms with Crippen molar-refractivity contribution in [3.63, 3.8) is 0 Å². The molecule has 1 aliphatic rings. The van der Waals surface area contributed by atoms with Gasteiger partial charge in [-0.3, -0.25) is 14.4 Å². The number of likely N-dealkylation sites (N-methyl/N-ethyl adjacent to an activating group) is 1. The SMILES string of the molecule is CCCCc1cccc(CN(C)C(=O)C(=O)CCNC(=O)C2(C(C)(C)CO)CC2)c1. The first-order chi connectivity index (χ1) is 14.2. The van der Waals surface area contributed by atoms with E-state index in [-0.39, 0.29) is 25.5 Å². The molecule has 2 rings (SSSR count). The molecule has 0 atom stereocenters. The van der Waals surface area contributed by atoms with Gasteiger partial charge in [0.1, 0.15) is 0 Å². The first kappa shape index (κ1) is 24.1. The smallest absolute Gasteiger partial charge is 0.290 e. The topological polar surface area (TPSA) is 86.7 Å². The van der Waals surface area contributed by atoms with Crippen molar-refractivity contribution in [3.8, 4) is 0 Å². The van der Waals surface area contributed by atoms with Crippen LogP contribution >= 0.6 is 0 Å². The average Bonchev–Trinajstić information content (AvgIpc) is 3.54. The number of Topliss-reactive ketones (excluding diaryl/α,β-unsaturated/α-hetero) is 1. The summed E-state index contributed by atoms with van der Waals surface area (Å²) in [5.74, 6) is -1.19. The highest BCUT2D eigenvalue weighted by Crippen LogP contribution is 2.58. The molecule has 0 spiro atoms. The first-order valence-electron chi connectivity index (χ1n) is 10.9. The van der Waals surface area contributed by atoms with Crippen molar-refractivity contribution in [2.75, 3.05) is 20.2 Å². The molecule has 1 aromatic carbocycles. The average molecular weight is 417 g/mol. The third-order valence-corrected chi connectivity index (χ3v) is 6.33. The molecule has 30 heavy (non-hydrogen) atoms. The van der Waals surface area contributed by atoms with E-state index in [9.17, 15) is 19.5 Å². The van der Waals surface area contributed by atoms with Crippen molar-refractivity contribution in [2.24, 2.45) is 10.8 Å². The third kappa shape index (κ3) is 5.69. The lowest BCUT2D eigenvalue weighted by Gasteiger charge is -2.31. The van der Waals surface area contributed by atoms with Gasteiger partial charge in [0, 0.05) is 38.6 Å². The predicted molar refractivity (Wildman–Crippen MR) is 117 cm³/mol. The van der Waals surface area contributed by atoms with Gasteiger partial charge in [-0.25, -0.2) is 0 Å². The molecule has 0 saturated heterocycles. The minimum Gasteiger partial charge on any atom is -0.396 e. The quantitative estimate of drug-likeness (QED) is 0.513. The summed E-state index contributed by atoms with van der Waals surface area (Å²) in [5.41, 5.74) is 1.18. The second-order valence-electron chi connectivity index (χ2n) is 9.14. The fourth-order valence-corrected chi connectivity index (χ4v) is 3.88. The van der Waals surface area contributed by atoms with Crippen LogP contribution in [-0.2, 0) is 27.3 Å². The Kier molecular flexibility index (Phi) is 8.18. The molecule has 6 nitrogen and oxygen atoms in total. The van der Waals surface area contributed by atoms with E-state index in [1.54, 1.807) is 7.05 Å². The van der Waals surface area contributed by atoms with E-state index in [1.165, 1.54) is 10.5 Å². The molecule has 0 radical (unpaired) electrons. The predicted octanol–water partition coefficient (Wildman–Crippen LogP) is 2.86. The number of unbranched alkanes of at least 4 members (excludes halogenated alkanes) is 1. The fourth-order valence-electron chi connectivity index (χ4n) is 3.88. The van der Waals surface area contributed by atoms with Crippen LogP contribution in [-0.4, -0.2) is 47.8 Å². The number of ketones is 1. The number of aryl methyl sites for hydroxylation is 1. The third-order valence-electron chi connectivity index (χ3n) is 6.33. The molecule has 1 aliphatic carbocycles. The summed E-state index contributed by atoms with van der Waals surface area (Å²) in [6.07, 6.45) is 4.71. The summed E-state index contributed by atoms with van der Waals surface area (Å²) in [6.45, 7) is 6.35. The Hall–Kier alpha value is -2.21. The summed E-state index contributed by atoms with van der Waals surface area (Å²) >= 11 is 0. The lowest BCUT2D eigenvalue weighted by Crippen LogP contribution is -2.44. The molecular weight excluding hydrogens is 380 g/mol. The Balaban J connectivity index is 1.82. The van der Waals surface area contributed by atoms with Crippen LogP contribution in [0.5, 0.6) is 0 Å². The van der Waals surface area contributed by atoms with Crippen LogP contribution in [0.25, 0.3) is 0 Å². The lowest BCUT2D eigenvalue weighted by atomic mass is 9.75. The number of benzene rings is 1. The fraction of sp³-hybridized carbons (Fsp3) is 0.625. The van der Waals surface area contributed by atoms with Gasteiger partial charge in [-0.05, 0) is 36.8 Å². The van der Waals surface area contributed by atoms with Gasteiger partial charge in [0.25, 0.3) is 5.91 Å². The van der Waals surface area contributed by atoms with Crippen LogP contribution in [0.1, 0.15) is 64.0 Å². The van der Waals surface area contributed by atoms with Crippen molar-refractivity contribution in [2.45, 2.75) is 65.8 Å². The first-order valence-corrected chi connectivity index (χ1v) is 10.9. The van der Waals surface area contributed by atoms with E-state index in [2.05, 4.69) is 24.4 Å². The monoisotopic (exact) mass is 416 g/mol. The Bertz CT molecular complexity index is 768. The van der Waals surface area contributed by atoms with Crippen molar-refractivity contribution in [3.05, 3.63) is 35.4 Å². The van der Waals surface area contributed by atoms with Gasteiger partial charge in [0.2, 0.25) is 11.7 Å². The second kappa shape index (κ2) is 10.2.